The van der Waals surface area contributed by atoms with Crippen LogP contribution in [-0.2, 0) is 7.05 Å². The fourth-order valence-electron chi connectivity index (χ4n) is 1.30. The van der Waals surface area contributed by atoms with Crippen LogP contribution in [0, 0.1) is 0 Å². The van der Waals surface area contributed by atoms with Crippen molar-refractivity contribution in [1.82, 2.24) is 14.8 Å². The quantitative estimate of drug-likeness (QED) is 0.428. The number of nitrogens with zero attached hydrogens (tertiary/aromatic N) is 2. The van der Waals surface area contributed by atoms with Gasteiger partial charge in [-0.25, -0.2) is 0 Å². The molecule has 1 aromatic heterocycles. The number of aromatic nitrogens is 3. The van der Waals surface area contributed by atoms with Gasteiger partial charge in [-0.1, -0.05) is 18.7 Å². The van der Waals surface area contributed by atoms with Crippen molar-refractivity contribution in [3.8, 4) is 0 Å². The van der Waals surface area contributed by atoms with Crippen molar-refractivity contribution in [2.75, 3.05) is 5.75 Å². The molecule has 0 aliphatic heterocycles. The first-order chi connectivity index (χ1) is 8.04. The van der Waals surface area contributed by atoms with E-state index in [0.29, 0.717) is 5.16 Å². The van der Waals surface area contributed by atoms with Crippen molar-refractivity contribution in [2.45, 2.75) is 37.4 Å². The van der Waals surface area contributed by atoms with Crippen LogP contribution in [0.5, 0.6) is 0 Å². The number of nitrogens with two attached hydrogens (primary N) is 1. The maximum absolute atomic E-state index is 11.1. The highest BCUT2D eigenvalue weighted by atomic mass is 32.2. The number of aryl methyl sites for hydroxylation is 1. The van der Waals surface area contributed by atoms with Crippen molar-refractivity contribution in [3.63, 3.8) is 0 Å². The highest BCUT2D eigenvalue weighted by Gasteiger charge is 2.05. The van der Waals surface area contributed by atoms with Crippen LogP contribution in [0.2, 0.25) is 0 Å². The van der Waals surface area contributed by atoms with Gasteiger partial charge in [-0.05, 0) is 19.3 Å². The third kappa shape index (κ3) is 4.35. The standard InChI is InChI=1S/C10H18N4O2S/c1-3-7(11)5-4-6-17-10-12-8(15)9(16)13-14(10)2/h7H,3-6,11H2,1-2H3,(H,13,16). The summed E-state index contributed by atoms with van der Waals surface area (Å²) in [7, 11) is 1.66. The fourth-order valence-corrected chi connectivity index (χ4v) is 2.18. The van der Waals surface area contributed by atoms with E-state index in [2.05, 4.69) is 17.0 Å². The van der Waals surface area contributed by atoms with Gasteiger partial charge in [0.25, 0.3) is 0 Å². The van der Waals surface area contributed by atoms with Crippen LogP contribution in [0.4, 0.5) is 0 Å². The number of hydrogen-bond donors (Lipinski definition) is 2. The minimum Gasteiger partial charge on any atom is -0.328 e. The Kier molecular flexibility index (Phi) is 5.43. The first-order valence-electron chi connectivity index (χ1n) is 5.60. The summed E-state index contributed by atoms with van der Waals surface area (Å²) < 4.78 is 1.47. The van der Waals surface area contributed by atoms with E-state index in [-0.39, 0.29) is 6.04 Å². The molecule has 0 amide bonds. The molecule has 0 aliphatic rings. The van der Waals surface area contributed by atoms with Crippen molar-refractivity contribution < 1.29 is 0 Å². The molecular weight excluding hydrogens is 240 g/mol. The van der Waals surface area contributed by atoms with Crippen LogP contribution >= 0.6 is 11.8 Å². The molecule has 0 saturated carbocycles. The van der Waals surface area contributed by atoms with Crippen LogP contribution in [0.25, 0.3) is 0 Å². The van der Waals surface area contributed by atoms with E-state index in [4.69, 9.17) is 5.73 Å². The Morgan fingerprint density at radius 1 is 1.53 bits per heavy atom. The Balaban J connectivity index is 2.50. The van der Waals surface area contributed by atoms with Crippen LogP contribution in [-0.4, -0.2) is 26.6 Å². The van der Waals surface area contributed by atoms with E-state index in [1.807, 2.05) is 0 Å². The molecule has 1 heterocycles. The summed E-state index contributed by atoms with van der Waals surface area (Å²) in [6.45, 7) is 2.06. The first kappa shape index (κ1) is 14.0. The van der Waals surface area contributed by atoms with Gasteiger partial charge in [0.05, 0.1) is 0 Å². The molecule has 1 rings (SSSR count). The molecule has 1 aromatic rings. The summed E-state index contributed by atoms with van der Waals surface area (Å²) in [5, 5.41) is 2.94. The molecule has 0 spiro atoms. The van der Waals surface area contributed by atoms with Gasteiger partial charge >= 0.3 is 11.1 Å². The molecule has 17 heavy (non-hydrogen) atoms. The second-order valence-corrected chi connectivity index (χ2v) is 4.92. The highest BCUT2D eigenvalue weighted by Crippen LogP contribution is 2.14. The number of H-pyrrole nitrogens is 1. The van der Waals surface area contributed by atoms with Crippen molar-refractivity contribution in [2.24, 2.45) is 12.8 Å². The molecule has 1 atom stereocenters. The molecule has 0 aliphatic carbocycles. The molecule has 0 aromatic carbocycles. The van der Waals surface area contributed by atoms with E-state index < -0.39 is 11.1 Å². The average molecular weight is 258 g/mol. The summed E-state index contributed by atoms with van der Waals surface area (Å²) in [6, 6.07) is 0.239. The molecule has 3 N–H and O–H groups in total. The van der Waals surface area contributed by atoms with Crippen LogP contribution in [0.3, 0.4) is 0 Å². The topological polar surface area (TPSA) is 93.8 Å². The Morgan fingerprint density at radius 2 is 2.24 bits per heavy atom. The molecule has 0 fully saturated rings. The number of hydrogen-bond acceptors (Lipinski definition) is 5. The summed E-state index contributed by atoms with van der Waals surface area (Å²) >= 11 is 1.45. The molecular formula is C10H18N4O2S. The SMILES string of the molecule is CCC(N)CCCSc1nc(=O)c(=O)[nH]n1C. The second kappa shape index (κ2) is 6.61. The van der Waals surface area contributed by atoms with Gasteiger partial charge in [0.2, 0.25) is 0 Å². The molecule has 1 unspecified atom stereocenters. The average Bonchev–Trinajstić information content (AvgIpc) is 2.30. The van der Waals surface area contributed by atoms with Crippen molar-refractivity contribution in [1.29, 1.82) is 0 Å². The van der Waals surface area contributed by atoms with Crippen molar-refractivity contribution >= 4 is 11.8 Å². The number of rotatable bonds is 6. The molecule has 0 bridgehead atoms. The fraction of sp³-hybridized carbons (Fsp3) is 0.700. The second-order valence-electron chi connectivity index (χ2n) is 3.86. The Morgan fingerprint density at radius 3 is 2.88 bits per heavy atom. The largest absolute Gasteiger partial charge is 0.339 e. The van der Waals surface area contributed by atoms with Gasteiger partial charge in [0, 0.05) is 18.8 Å². The van der Waals surface area contributed by atoms with E-state index in [1.165, 1.54) is 16.4 Å². The lowest BCUT2D eigenvalue weighted by atomic mass is 10.1. The number of aromatic amines is 1. The highest BCUT2D eigenvalue weighted by molar-refractivity contribution is 7.99. The molecule has 0 radical (unpaired) electrons. The van der Waals surface area contributed by atoms with E-state index >= 15 is 0 Å². The van der Waals surface area contributed by atoms with Crippen LogP contribution < -0.4 is 16.9 Å². The molecule has 96 valence electrons. The van der Waals surface area contributed by atoms with Crippen LogP contribution in [0.15, 0.2) is 14.7 Å². The summed E-state index contributed by atoms with van der Waals surface area (Å²) in [4.78, 5) is 25.8. The third-order valence-electron chi connectivity index (χ3n) is 2.42. The van der Waals surface area contributed by atoms with Crippen molar-refractivity contribution in [3.05, 3.63) is 20.7 Å². The predicted molar refractivity (Wildman–Crippen MR) is 68.3 cm³/mol. The van der Waals surface area contributed by atoms with E-state index in [0.717, 1.165) is 25.0 Å². The minimum atomic E-state index is -0.740. The lowest BCUT2D eigenvalue weighted by Crippen LogP contribution is -2.33. The predicted octanol–water partition coefficient (Wildman–Crippen LogP) is 0.0782. The maximum atomic E-state index is 11.1. The van der Waals surface area contributed by atoms with Crippen LogP contribution in [0.1, 0.15) is 26.2 Å². The smallest absolute Gasteiger partial charge is 0.328 e. The van der Waals surface area contributed by atoms with E-state index in [1.54, 1.807) is 7.05 Å². The third-order valence-corrected chi connectivity index (χ3v) is 3.54. The summed E-state index contributed by atoms with van der Waals surface area (Å²) in [5.41, 5.74) is 4.37. The lowest BCUT2D eigenvalue weighted by molar-refractivity contribution is 0.583. The number of nitrogens with one attached hydrogen (secondary N) is 1. The number of thioether (sulfide) groups is 1. The first-order valence-corrected chi connectivity index (χ1v) is 6.59. The lowest BCUT2D eigenvalue weighted by Gasteiger charge is -2.08. The zero-order chi connectivity index (χ0) is 12.8. The Labute approximate surface area is 104 Å². The molecule has 0 saturated heterocycles. The van der Waals surface area contributed by atoms with Gasteiger partial charge < -0.3 is 5.73 Å². The maximum Gasteiger partial charge on any atom is 0.339 e. The van der Waals surface area contributed by atoms with Gasteiger partial charge in [-0.3, -0.25) is 19.4 Å². The van der Waals surface area contributed by atoms with E-state index in [9.17, 15) is 9.59 Å². The van der Waals surface area contributed by atoms with Gasteiger partial charge in [0.15, 0.2) is 5.16 Å². The monoisotopic (exact) mass is 258 g/mol. The van der Waals surface area contributed by atoms with Gasteiger partial charge in [0.1, 0.15) is 0 Å². The zero-order valence-corrected chi connectivity index (χ0v) is 10.9. The van der Waals surface area contributed by atoms with Gasteiger partial charge in [-0.2, -0.15) is 4.98 Å². The molecule has 6 nitrogen and oxygen atoms in total. The summed E-state index contributed by atoms with van der Waals surface area (Å²) in [6.07, 6.45) is 2.90. The zero-order valence-electron chi connectivity index (χ0n) is 10.1. The molecule has 7 heteroatoms. The Bertz CT molecular complexity index is 468. The normalized spacial score (nSPS) is 12.6. The minimum absolute atomic E-state index is 0.239. The van der Waals surface area contributed by atoms with Gasteiger partial charge in [-0.15, -0.1) is 0 Å². The summed E-state index contributed by atoms with van der Waals surface area (Å²) in [5.74, 6) is 0.833. The Hall–Kier alpha value is -1.08.